The lowest BCUT2D eigenvalue weighted by Gasteiger charge is -2.06. The van der Waals surface area contributed by atoms with Crippen molar-refractivity contribution in [1.29, 1.82) is 0 Å². The van der Waals surface area contributed by atoms with Crippen LogP contribution in [-0.2, 0) is 11.2 Å². The van der Waals surface area contributed by atoms with Crippen LogP contribution in [-0.4, -0.2) is 36.5 Å². The topological polar surface area (TPSA) is 105 Å². The first kappa shape index (κ1) is 18.2. The second-order valence-corrected chi connectivity index (χ2v) is 5.20. The molecule has 0 saturated heterocycles. The normalized spacial score (nSPS) is 10.0. The molecule has 7 nitrogen and oxygen atoms in total. The fraction of sp³-hybridized carbons (Fsp3) is 0.167. The van der Waals surface area contributed by atoms with Gasteiger partial charge < -0.3 is 10.1 Å². The van der Waals surface area contributed by atoms with Gasteiger partial charge in [-0.15, -0.1) is 0 Å². The molecule has 0 aliphatic heterocycles. The van der Waals surface area contributed by atoms with Crippen LogP contribution in [0.2, 0.25) is 0 Å². The van der Waals surface area contributed by atoms with Crippen molar-refractivity contribution >= 4 is 17.6 Å². The van der Waals surface area contributed by atoms with Crippen LogP contribution >= 0.6 is 0 Å². The molecule has 0 aromatic heterocycles. The third-order valence-electron chi connectivity index (χ3n) is 3.58. The molecule has 0 bridgehead atoms. The standard InChI is InChI=1S/C18H18N2O5/c1-25-15-8-6-13(7-9-15)16(21)18(23)19-11-10-12-2-4-14(5-3-12)17(22)20-24/h2-9,24H,10-11H2,1H3,(H,19,23)(H,20,22). The first-order valence-corrected chi connectivity index (χ1v) is 7.55. The molecule has 0 aliphatic carbocycles. The molecule has 2 aromatic carbocycles. The van der Waals surface area contributed by atoms with Gasteiger partial charge in [-0.1, -0.05) is 12.1 Å². The molecule has 2 amide bonds. The van der Waals surface area contributed by atoms with E-state index in [1.807, 2.05) is 0 Å². The fourth-order valence-corrected chi connectivity index (χ4v) is 2.16. The summed E-state index contributed by atoms with van der Waals surface area (Å²) in [7, 11) is 1.52. The molecule has 0 spiro atoms. The number of carbonyl (C=O) groups is 3. The van der Waals surface area contributed by atoms with Crippen LogP contribution in [0.15, 0.2) is 48.5 Å². The van der Waals surface area contributed by atoms with Gasteiger partial charge >= 0.3 is 0 Å². The molecule has 25 heavy (non-hydrogen) atoms. The molecule has 0 atom stereocenters. The summed E-state index contributed by atoms with van der Waals surface area (Å²) in [5, 5.41) is 11.1. The molecule has 2 rings (SSSR count). The van der Waals surface area contributed by atoms with Crippen molar-refractivity contribution in [1.82, 2.24) is 10.8 Å². The summed E-state index contributed by atoms with van der Waals surface area (Å²) in [6.45, 7) is 0.284. The monoisotopic (exact) mass is 342 g/mol. The van der Waals surface area contributed by atoms with Crippen LogP contribution in [0, 0.1) is 0 Å². The highest BCUT2D eigenvalue weighted by atomic mass is 16.5. The highest BCUT2D eigenvalue weighted by Gasteiger charge is 2.15. The van der Waals surface area contributed by atoms with Crippen LogP contribution in [0.3, 0.4) is 0 Å². The number of hydroxylamine groups is 1. The molecule has 3 N–H and O–H groups in total. The quantitative estimate of drug-likeness (QED) is 0.305. The second kappa shape index (κ2) is 8.60. The van der Waals surface area contributed by atoms with Gasteiger partial charge in [-0.3, -0.25) is 19.6 Å². The molecule has 0 fully saturated rings. The van der Waals surface area contributed by atoms with E-state index in [0.717, 1.165) is 5.56 Å². The van der Waals surface area contributed by atoms with E-state index in [2.05, 4.69) is 5.32 Å². The van der Waals surface area contributed by atoms with Crippen molar-refractivity contribution < 1.29 is 24.3 Å². The fourth-order valence-electron chi connectivity index (χ4n) is 2.16. The molecule has 0 saturated carbocycles. The zero-order valence-corrected chi connectivity index (χ0v) is 13.6. The summed E-state index contributed by atoms with van der Waals surface area (Å²) < 4.78 is 5.00. The Morgan fingerprint density at radius 3 is 2.12 bits per heavy atom. The number of ketones is 1. The number of Topliss-reactive ketones (excluding diaryl/α,β-unsaturated/α-hetero) is 1. The van der Waals surface area contributed by atoms with Crippen molar-refractivity contribution in [3.8, 4) is 5.75 Å². The maximum atomic E-state index is 12.0. The van der Waals surface area contributed by atoms with E-state index in [1.54, 1.807) is 41.9 Å². The Bertz CT molecular complexity index is 754. The number of hydrogen-bond acceptors (Lipinski definition) is 5. The molecule has 7 heteroatoms. The lowest BCUT2D eigenvalue weighted by Crippen LogP contribution is -2.32. The van der Waals surface area contributed by atoms with Gasteiger partial charge in [0.2, 0.25) is 5.78 Å². The Balaban J connectivity index is 1.85. The average molecular weight is 342 g/mol. The minimum atomic E-state index is -0.679. The third-order valence-corrected chi connectivity index (χ3v) is 3.58. The second-order valence-electron chi connectivity index (χ2n) is 5.20. The largest absolute Gasteiger partial charge is 0.497 e. The first-order chi connectivity index (χ1) is 12.0. The summed E-state index contributed by atoms with van der Waals surface area (Å²) in [5.41, 5.74) is 3.05. The highest BCUT2D eigenvalue weighted by Crippen LogP contribution is 2.11. The van der Waals surface area contributed by atoms with Crippen molar-refractivity contribution in [2.45, 2.75) is 6.42 Å². The Kier molecular flexibility index (Phi) is 6.25. The van der Waals surface area contributed by atoms with Crippen molar-refractivity contribution in [3.05, 3.63) is 65.2 Å². The Hall–Kier alpha value is -3.19. The Morgan fingerprint density at radius 2 is 1.56 bits per heavy atom. The van der Waals surface area contributed by atoms with E-state index in [4.69, 9.17) is 9.94 Å². The lowest BCUT2D eigenvalue weighted by molar-refractivity contribution is -0.116. The number of benzene rings is 2. The molecular weight excluding hydrogens is 324 g/mol. The number of rotatable bonds is 7. The SMILES string of the molecule is COc1ccc(C(=O)C(=O)NCCc2ccc(C(=O)NO)cc2)cc1. The maximum absolute atomic E-state index is 12.0. The highest BCUT2D eigenvalue weighted by molar-refractivity contribution is 6.42. The van der Waals surface area contributed by atoms with E-state index in [-0.39, 0.29) is 12.1 Å². The summed E-state index contributed by atoms with van der Waals surface area (Å²) in [6, 6.07) is 12.8. The zero-order valence-electron chi connectivity index (χ0n) is 13.6. The molecule has 0 heterocycles. The Labute approximate surface area is 144 Å². The van der Waals surface area contributed by atoms with Gasteiger partial charge in [0.1, 0.15) is 5.75 Å². The van der Waals surface area contributed by atoms with Gasteiger partial charge in [0.15, 0.2) is 0 Å². The predicted octanol–water partition coefficient (Wildman–Crippen LogP) is 1.36. The third kappa shape index (κ3) is 4.89. The maximum Gasteiger partial charge on any atom is 0.292 e. The van der Waals surface area contributed by atoms with E-state index >= 15 is 0 Å². The van der Waals surface area contributed by atoms with Crippen LogP contribution in [0.5, 0.6) is 5.75 Å². The minimum Gasteiger partial charge on any atom is -0.497 e. The van der Waals surface area contributed by atoms with Gasteiger partial charge in [-0.2, -0.15) is 0 Å². The minimum absolute atomic E-state index is 0.284. The van der Waals surface area contributed by atoms with Crippen molar-refractivity contribution in [2.75, 3.05) is 13.7 Å². The summed E-state index contributed by atoms with van der Waals surface area (Å²) >= 11 is 0. The molecule has 0 aliphatic rings. The van der Waals surface area contributed by atoms with E-state index in [9.17, 15) is 14.4 Å². The van der Waals surface area contributed by atoms with Crippen LogP contribution in [0.4, 0.5) is 0 Å². The van der Waals surface area contributed by atoms with Crippen molar-refractivity contribution in [2.24, 2.45) is 0 Å². The summed E-state index contributed by atoms with van der Waals surface area (Å²) in [5.74, 6) is -1.28. The van der Waals surface area contributed by atoms with Crippen molar-refractivity contribution in [3.63, 3.8) is 0 Å². The van der Waals surface area contributed by atoms with Crippen LogP contribution in [0.1, 0.15) is 26.3 Å². The number of hydrogen-bond donors (Lipinski definition) is 3. The van der Waals surface area contributed by atoms with Gasteiger partial charge in [-0.05, 0) is 48.4 Å². The molecule has 0 radical (unpaired) electrons. The van der Waals surface area contributed by atoms with Gasteiger partial charge in [0, 0.05) is 17.7 Å². The summed E-state index contributed by atoms with van der Waals surface area (Å²) in [4.78, 5) is 35.1. The molecule has 130 valence electrons. The smallest absolute Gasteiger partial charge is 0.292 e. The molecule has 0 unspecified atom stereocenters. The summed E-state index contributed by atoms with van der Waals surface area (Å²) in [6.07, 6.45) is 0.503. The number of methoxy groups -OCH3 is 1. The van der Waals surface area contributed by atoms with Gasteiger partial charge in [0.25, 0.3) is 11.8 Å². The zero-order chi connectivity index (χ0) is 18.2. The number of amides is 2. The van der Waals surface area contributed by atoms with E-state index in [1.165, 1.54) is 19.2 Å². The lowest BCUT2D eigenvalue weighted by atomic mass is 10.1. The van der Waals surface area contributed by atoms with E-state index < -0.39 is 17.6 Å². The Morgan fingerprint density at radius 1 is 0.960 bits per heavy atom. The van der Waals surface area contributed by atoms with E-state index in [0.29, 0.717) is 17.7 Å². The number of nitrogens with one attached hydrogen (secondary N) is 2. The van der Waals surface area contributed by atoms with Gasteiger partial charge in [-0.25, -0.2) is 5.48 Å². The molecule has 2 aromatic rings. The molecular formula is C18H18N2O5. The predicted molar refractivity (Wildman–Crippen MR) is 89.7 cm³/mol. The van der Waals surface area contributed by atoms with Crippen LogP contribution < -0.4 is 15.5 Å². The number of ether oxygens (including phenoxy) is 1. The van der Waals surface area contributed by atoms with Crippen LogP contribution in [0.25, 0.3) is 0 Å². The average Bonchev–Trinajstić information content (AvgIpc) is 2.67. The number of carbonyl (C=O) groups excluding carboxylic acids is 3. The van der Waals surface area contributed by atoms with Gasteiger partial charge in [0.05, 0.1) is 7.11 Å². The first-order valence-electron chi connectivity index (χ1n) is 7.55.